The van der Waals surface area contributed by atoms with Gasteiger partial charge in [0.1, 0.15) is 17.9 Å². The predicted molar refractivity (Wildman–Crippen MR) is 91.8 cm³/mol. The molecule has 2 N–H and O–H groups in total. The first kappa shape index (κ1) is 17.2. The maximum absolute atomic E-state index is 12.8. The highest BCUT2D eigenvalue weighted by Gasteiger charge is 2.11. The smallest absolute Gasteiger partial charge is 0.278 e. The van der Waals surface area contributed by atoms with Gasteiger partial charge in [0.15, 0.2) is 0 Å². The lowest BCUT2D eigenvalue weighted by atomic mass is 10.2. The third-order valence-electron chi connectivity index (χ3n) is 3.50. The Morgan fingerprint density at radius 1 is 1.04 bits per heavy atom. The zero-order valence-corrected chi connectivity index (χ0v) is 13.5. The standard InChI is InChI=1S/C17H14FN5O3/c18-11-5-7-12(8-6-11)20-15(24)9-19-16(25)10-23-17(26)13-3-1-2-4-14(13)21-22-23/h1-8H,9-10H2,(H,19,25)(H,20,24). The van der Waals surface area contributed by atoms with Gasteiger partial charge < -0.3 is 10.6 Å². The molecule has 0 aliphatic carbocycles. The molecule has 1 heterocycles. The van der Waals surface area contributed by atoms with E-state index in [4.69, 9.17) is 0 Å². The highest BCUT2D eigenvalue weighted by atomic mass is 19.1. The van der Waals surface area contributed by atoms with Crippen LogP contribution in [0.3, 0.4) is 0 Å². The Morgan fingerprint density at radius 3 is 2.54 bits per heavy atom. The van der Waals surface area contributed by atoms with Gasteiger partial charge in [-0.05, 0) is 36.4 Å². The topological polar surface area (TPSA) is 106 Å². The summed E-state index contributed by atoms with van der Waals surface area (Å²) < 4.78 is 13.7. The zero-order chi connectivity index (χ0) is 18.5. The molecule has 0 saturated heterocycles. The summed E-state index contributed by atoms with van der Waals surface area (Å²) in [6.45, 7) is -0.660. The van der Waals surface area contributed by atoms with Crippen molar-refractivity contribution in [1.29, 1.82) is 0 Å². The number of halogens is 1. The number of rotatable bonds is 5. The second-order valence-electron chi connectivity index (χ2n) is 5.40. The van der Waals surface area contributed by atoms with Gasteiger partial charge in [0.05, 0.1) is 11.9 Å². The second kappa shape index (κ2) is 7.51. The van der Waals surface area contributed by atoms with E-state index in [9.17, 15) is 18.8 Å². The van der Waals surface area contributed by atoms with E-state index in [1.54, 1.807) is 24.3 Å². The van der Waals surface area contributed by atoms with Crippen molar-refractivity contribution in [1.82, 2.24) is 20.3 Å². The van der Waals surface area contributed by atoms with Gasteiger partial charge in [0.25, 0.3) is 5.56 Å². The Labute approximate surface area is 146 Å². The summed E-state index contributed by atoms with van der Waals surface area (Å²) in [4.78, 5) is 36.0. The molecule has 9 heteroatoms. The van der Waals surface area contributed by atoms with Crippen molar-refractivity contribution in [2.45, 2.75) is 6.54 Å². The van der Waals surface area contributed by atoms with E-state index in [2.05, 4.69) is 20.9 Å². The number of hydrogen-bond acceptors (Lipinski definition) is 5. The molecular weight excluding hydrogens is 341 g/mol. The second-order valence-corrected chi connectivity index (χ2v) is 5.40. The minimum atomic E-state index is -0.564. The molecule has 0 aliphatic heterocycles. The summed E-state index contributed by atoms with van der Waals surface area (Å²) in [7, 11) is 0. The van der Waals surface area contributed by atoms with Gasteiger partial charge in [0, 0.05) is 5.69 Å². The summed E-state index contributed by atoms with van der Waals surface area (Å²) in [5, 5.41) is 12.8. The van der Waals surface area contributed by atoms with Crippen molar-refractivity contribution >= 4 is 28.4 Å². The molecule has 3 aromatic rings. The monoisotopic (exact) mass is 355 g/mol. The fourth-order valence-corrected chi connectivity index (χ4v) is 2.24. The molecule has 0 aliphatic rings. The summed E-state index contributed by atoms with van der Waals surface area (Å²) in [5.74, 6) is -1.47. The Morgan fingerprint density at radius 2 is 1.77 bits per heavy atom. The fraction of sp³-hybridized carbons (Fsp3) is 0.118. The third kappa shape index (κ3) is 4.07. The third-order valence-corrected chi connectivity index (χ3v) is 3.50. The highest BCUT2D eigenvalue weighted by molar-refractivity contribution is 5.94. The van der Waals surface area contributed by atoms with Crippen molar-refractivity contribution in [3.8, 4) is 0 Å². The average molecular weight is 355 g/mol. The van der Waals surface area contributed by atoms with Crippen molar-refractivity contribution in [3.63, 3.8) is 0 Å². The zero-order valence-electron chi connectivity index (χ0n) is 13.5. The molecular formula is C17H14FN5O3. The van der Waals surface area contributed by atoms with Crippen molar-refractivity contribution in [2.75, 3.05) is 11.9 Å². The van der Waals surface area contributed by atoms with Crippen LogP contribution in [-0.4, -0.2) is 33.4 Å². The van der Waals surface area contributed by atoms with Crippen LogP contribution in [0.15, 0.2) is 53.3 Å². The Balaban J connectivity index is 1.57. The van der Waals surface area contributed by atoms with E-state index in [1.165, 1.54) is 24.3 Å². The Bertz CT molecular complexity index is 1020. The predicted octanol–water partition coefficient (Wildman–Crippen LogP) is 0.685. The van der Waals surface area contributed by atoms with Gasteiger partial charge in [-0.25, -0.2) is 9.07 Å². The van der Waals surface area contributed by atoms with Crippen LogP contribution in [0.4, 0.5) is 10.1 Å². The number of carbonyl (C=O) groups excluding carboxylic acids is 2. The summed E-state index contributed by atoms with van der Waals surface area (Å²) >= 11 is 0. The van der Waals surface area contributed by atoms with Gasteiger partial charge in [-0.2, -0.15) is 0 Å². The molecule has 0 radical (unpaired) electrons. The van der Waals surface area contributed by atoms with Gasteiger partial charge in [-0.3, -0.25) is 14.4 Å². The number of hydrogen-bond donors (Lipinski definition) is 2. The van der Waals surface area contributed by atoms with Gasteiger partial charge >= 0.3 is 0 Å². The fourth-order valence-electron chi connectivity index (χ4n) is 2.24. The lowest BCUT2D eigenvalue weighted by Crippen LogP contribution is -2.38. The normalized spacial score (nSPS) is 10.5. The van der Waals surface area contributed by atoms with Crippen LogP contribution in [0.1, 0.15) is 0 Å². The average Bonchev–Trinajstić information content (AvgIpc) is 2.64. The number of benzene rings is 2. The van der Waals surface area contributed by atoms with E-state index < -0.39 is 23.2 Å². The van der Waals surface area contributed by atoms with Crippen LogP contribution < -0.4 is 16.2 Å². The van der Waals surface area contributed by atoms with E-state index in [1.807, 2.05) is 0 Å². The molecule has 2 amide bonds. The molecule has 0 saturated carbocycles. The van der Waals surface area contributed by atoms with Crippen LogP contribution in [0, 0.1) is 5.82 Å². The quantitative estimate of drug-likeness (QED) is 0.700. The summed E-state index contributed by atoms with van der Waals surface area (Å²) in [6.07, 6.45) is 0. The number of amides is 2. The Hall–Kier alpha value is -3.62. The van der Waals surface area contributed by atoms with E-state index in [-0.39, 0.29) is 13.1 Å². The molecule has 0 fully saturated rings. The molecule has 0 unspecified atom stereocenters. The minimum absolute atomic E-state index is 0.300. The molecule has 8 nitrogen and oxygen atoms in total. The molecule has 2 aromatic carbocycles. The molecule has 0 atom stereocenters. The van der Waals surface area contributed by atoms with Crippen LogP contribution >= 0.6 is 0 Å². The number of nitrogens with zero attached hydrogens (tertiary/aromatic N) is 3. The van der Waals surface area contributed by atoms with Crippen LogP contribution in [0.2, 0.25) is 0 Å². The number of anilines is 1. The van der Waals surface area contributed by atoms with Crippen LogP contribution in [0.5, 0.6) is 0 Å². The van der Waals surface area contributed by atoms with Gasteiger partial charge in [-0.15, -0.1) is 5.10 Å². The number of carbonyl (C=O) groups is 2. The van der Waals surface area contributed by atoms with Crippen molar-refractivity contribution < 1.29 is 14.0 Å². The first-order valence-electron chi connectivity index (χ1n) is 7.67. The molecule has 0 spiro atoms. The maximum atomic E-state index is 12.8. The first-order chi connectivity index (χ1) is 12.5. The molecule has 0 bridgehead atoms. The van der Waals surface area contributed by atoms with E-state index in [0.717, 1.165) is 4.68 Å². The number of nitrogens with one attached hydrogen (secondary N) is 2. The Kier molecular flexibility index (Phi) is 4.97. The SMILES string of the molecule is O=C(Cn1nnc2ccccc2c1=O)NCC(=O)Nc1ccc(F)cc1. The summed E-state index contributed by atoms with van der Waals surface area (Å²) in [5.41, 5.74) is 0.400. The van der Waals surface area contributed by atoms with E-state index in [0.29, 0.717) is 16.6 Å². The lowest BCUT2D eigenvalue weighted by Gasteiger charge is -2.08. The number of fused-ring (bicyclic) bond motifs is 1. The highest BCUT2D eigenvalue weighted by Crippen LogP contribution is 2.07. The minimum Gasteiger partial charge on any atom is -0.345 e. The molecule has 1 aromatic heterocycles. The van der Waals surface area contributed by atoms with E-state index >= 15 is 0 Å². The lowest BCUT2D eigenvalue weighted by molar-refractivity contribution is -0.124. The molecule has 3 rings (SSSR count). The molecule has 26 heavy (non-hydrogen) atoms. The van der Waals surface area contributed by atoms with Gasteiger partial charge in [0.2, 0.25) is 11.8 Å². The number of aromatic nitrogens is 3. The molecule has 132 valence electrons. The summed E-state index contributed by atoms with van der Waals surface area (Å²) in [6, 6.07) is 11.9. The largest absolute Gasteiger partial charge is 0.345 e. The van der Waals surface area contributed by atoms with Crippen molar-refractivity contribution in [2.24, 2.45) is 0 Å². The van der Waals surface area contributed by atoms with Gasteiger partial charge in [-0.1, -0.05) is 17.3 Å². The van der Waals surface area contributed by atoms with Crippen LogP contribution in [-0.2, 0) is 16.1 Å². The van der Waals surface area contributed by atoms with Crippen LogP contribution in [0.25, 0.3) is 10.9 Å². The first-order valence-corrected chi connectivity index (χ1v) is 7.67. The van der Waals surface area contributed by atoms with Crippen molar-refractivity contribution in [3.05, 3.63) is 64.7 Å². The maximum Gasteiger partial charge on any atom is 0.278 e.